The first kappa shape index (κ1) is 14.1. The minimum Gasteiger partial charge on any atom is -0.320 e. The number of amides is 1. The highest BCUT2D eigenvalue weighted by molar-refractivity contribution is 7.13. The van der Waals surface area contributed by atoms with E-state index in [2.05, 4.69) is 15.6 Å². The molecule has 6 heteroatoms. The Morgan fingerprint density at radius 2 is 2.35 bits per heavy atom. The predicted molar refractivity (Wildman–Crippen MR) is 71.5 cm³/mol. The number of carbonyl (C=O) groups excluding carboxylic acids is 1. The summed E-state index contributed by atoms with van der Waals surface area (Å²) in [7, 11) is 3.87. The van der Waals surface area contributed by atoms with Crippen LogP contribution < -0.4 is 10.6 Å². The van der Waals surface area contributed by atoms with Gasteiger partial charge in [-0.3, -0.25) is 9.69 Å². The monoisotopic (exact) mass is 256 g/mol. The summed E-state index contributed by atoms with van der Waals surface area (Å²) in [4.78, 5) is 17.9. The molecule has 1 heterocycles. The van der Waals surface area contributed by atoms with Crippen molar-refractivity contribution in [3.8, 4) is 0 Å². The van der Waals surface area contributed by atoms with Crippen molar-refractivity contribution in [3.63, 3.8) is 0 Å². The van der Waals surface area contributed by atoms with Gasteiger partial charge in [-0.15, -0.1) is 11.3 Å². The molecule has 17 heavy (non-hydrogen) atoms. The summed E-state index contributed by atoms with van der Waals surface area (Å²) in [5.41, 5.74) is 0.938. The molecule has 0 atom stereocenters. The van der Waals surface area contributed by atoms with Crippen LogP contribution in [-0.2, 0) is 4.79 Å². The van der Waals surface area contributed by atoms with E-state index in [1.807, 2.05) is 31.3 Å². The van der Waals surface area contributed by atoms with Crippen molar-refractivity contribution in [2.75, 3.05) is 39.0 Å². The number of anilines is 1. The fourth-order valence-electron chi connectivity index (χ4n) is 1.42. The second-order valence-electron chi connectivity index (χ2n) is 4.04. The van der Waals surface area contributed by atoms with E-state index in [0.717, 1.165) is 25.2 Å². The first-order valence-corrected chi connectivity index (χ1v) is 6.55. The molecular weight excluding hydrogens is 236 g/mol. The number of hydrogen-bond donors (Lipinski definition) is 2. The Bertz CT molecular complexity index is 353. The summed E-state index contributed by atoms with van der Waals surface area (Å²) >= 11 is 1.45. The van der Waals surface area contributed by atoms with Gasteiger partial charge >= 0.3 is 0 Å². The van der Waals surface area contributed by atoms with Crippen LogP contribution in [0.5, 0.6) is 0 Å². The molecule has 96 valence electrons. The molecule has 0 aliphatic carbocycles. The minimum atomic E-state index is -0.00805. The van der Waals surface area contributed by atoms with Crippen LogP contribution in [0, 0.1) is 6.92 Å². The molecule has 1 rings (SSSR count). The third-order valence-corrected chi connectivity index (χ3v) is 3.12. The minimum absolute atomic E-state index is 0.00805. The summed E-state index contributed by atoms with van der Waals surface area (Å²) in [5, 5.41) is 8.48. The van der Waals surface area contributed by atoms with Gasteiger partial charge in [0.15, 0.2) is 5.13 Å². The zero-order valence-electron chi connectivity index (χ0n) is 10.6. The molecule has 0 radical (unpaired) electrons. The lowest BCUT2D eigenvalue weighted by Crippen LogP contribution is -2.31. The lowest BCUT2D eigenvalue weighted by molar-refractivity contribution is -0.117. The average Bonchev–Trinajstić information content (AvgIpc) is 2.64. The summed E-state index contributed by atoms with van der Waals surface area (Å²) in [6.07, 6.45) is 1.04. The van der Waals surface area contributed by atoms with Gasteiger partial charge in [-0.05, 0) is 40.5 Å². The molecular formula is C11H20N4OS. The van der Waals surface area contributed by atoms with Crippen LogP contribution in [-0.4, -0.2) is 49.5 Å². The van der Waals surface area contributed by atoms with E-state index in [1.165, 1.54) is 11.3 Å². The Hall–Kier alpha value is -0.980. The van der Waals surface area contributed by atoms with Gasteiger partial charge in [-0.25, -0.2) is 4.98 Å². The highest BCUT2D eigenvalue weighted by atomic mass is 32.1. The molecule has 5 nitrogen and oxygen atoms in total. The normalized spacial score (nSPS) is 10.8. The van der Waals surface area contributed by atoms with E-state index in [1.54, 1.807) is 0 Å². The van der Waals surface area contributed by atoms with E-state index in [4.69, 9.17) is 0 Å². The third kappa shape index (κ3) is 5.76. The SMILES string of the molecule is CNCCCN(C)CC(=O)Nc1nc(C)cs1. The van der Waals surface area contributed by atoms with Crippen LogP contribution in [0.2, 0.25) is 0 Å². The molecule has 0 unspecified atom stereocenters. The fourth-order valence-corrected chi connectivity index (χ4v) is 2.12. The molecule has 2 N–H and O–H groups in total. The van der Waals surface area contributed by atoms with Crippen LogP contribution >= 0.6 is 11.3 Å². The maximum atomic E-state index is 11.7. The molecule has 0 fully saturated rings. The van der Waals surface area contributed by atoms with E-state index in [-0.39, 0.29) is 5.91 Å². The number of nitrogens with zero attached hydrogens (tertiary/aromatic N) is 2. The van der Waals surface area contributed by atoms with Crippen molar-refractivity contribution in [1.29, 1.82) is 0 Å². The lowest BCUT2D eigenvalue weighted by Gasteiger charge is -2.15. The largest absolute Gasteiger partial charge is 0.320 e. The Kier molecular flexibility index (Phi) is 6.10. The van der Waals surface area contributed by atoms with Crippen LogP contribution in [0.15, 0.2) is 5.38 Å². The Morgan fingerprint density at radius 3 is 2.94 bits per heavy atom. The fraction of sp³-hybridized carbons (Fsp3) is 0.636. The van der Waals surface area contributed by atoms with E-state index >= 15 is 0 Å². The summed E-state index contributed by atoms with van der Waals surface area (Å²) < 4.78 is 0. The number of nitrogens with one attached hydrogen (secondary N) is 2. The average molecular weight is 256 g/mol. The van der Waals surface area contributed by atoms with Crippen LogP contribution in [0.25, 0.3) is 0 Å². The van der Waals surface area contributed by atoms with Gasteiger partial charge in [-0.1, -0.05) is 0 Å². The maximum absolute atomic E-state index is 11.7. The zero-order chi connectivity index (χ0) is 12.7. The number of carbonyl (C=O) groups is 1. The first-order valence-electron chi connectivity index (χ1n) is 5.67. The van der Waals surface area contributed by atoms with Crippen molar-refractivity contribution in [3.05, 3.63) is 11.1 Å². The summed E-state index contributed by atoms with van der Waals surface area (Å²) in [6.45, 7) is 4.20. The second kappa shape index (κ2) is 7.37. The van der Waals surface area contributed by atoms with Gasteiger partial charge in [0.25, 0.3) is 0 Å². The number of likely N-dealkylation sites (N-methyl/N-ethyl adjacent to an activating group) is 1. The lowest BCUT2D eigenvalue weighted by atomic mass is 10.4. The number of aromatic nitrogens is 1. The number of thiazole rings is 1. The molecule has 0 aliphatic heterocycles. The number of aryl methyl sites for hydroxylation is 1. The van der Waals surface area contributed by atoms with Crippen LogP contribution in [0.3, 0.4) is 0 Å². The van der Waals surface area contributed by atoms with Crippen molar-refractivity contribution in [2.45, 2.75) is 13.3 Å². The van der Waals surface area contributed by atoms with Gasteiger partial charge < -0.3 is 10.6 Å². The Balaban J connectivity index is 2.24. The topological polar surface area (TPSA) is 57.3 Å². The molecule has 1 aromatic rings. The second-order valence-corrected chi connectivity index (χ2v) is 4.90. The summed E-state index contributed by atoms with van der Waals surface area (Å²) in [6, 6.07) is 0. The first-order chi connectivity index (χ1) is 8.11. The molecule has 0 aliphatic rings. The van der Waals surface area contributed by atoms with Crippen molar-refractivity contribution < 1.29 is 4.79 Å². The standard InChI is InChI=1S/C11H20N4OS/c1-9-8-17-11(13-9)14-10(16)7-15(3)6-4-5-12-2/h8,12H,4-7H2,1-3H3,(H,13,14,16). The molecule has 0 saturated carbocycles. The Labute approximate surface area is 106 Å². The third-order valence-electron chi connectivity index (χ3n) is 2.25. The molecule has 1 amide bonds. The molecule has 1 aromatic heterocycles. The predicted octanol–water partition coefficient (Wildman–Crippen LogP) is 0.931. The number of hydrogen-bond acceptors (Lipinski definition) is 5. The van der Waals surface area contributed by atoms with Crippen LogP contribution in [0.4, 0.5) is 5.13 Å². The highest BCUT2D eigenvalue weighted by Gasteiger charge is 2.08. The highest BCUT2D eigenvalue weighted by Crippen LogP contribution is 2.13. The molecule has 0 spiro atoms. The summed E-state index contributed by atoms with van der Waals surface area (Å²) in [5.74, 6) is -0.00805. The van der Waals surface area contributed by atoms with Gasteiger partial charge in [0.05, 0.1) is 12.2 Å². The maximum Gasteiger partial charge on any atom is 0.240 e. The van der Waals surface area contributed by atoms with Crippen molar-refractivity contribution in [2.24, 2.45) is 0 Å². The molecule has 0 bridgehead atoms. The van der Waals surface area contributed by atoms with Gasteiger partial charge in [0.1, 0.15) is 0 Å². The Morgan fingerprint density at radius 1 is 1.59 bits per heavy atom. The van der Waals surface area contributed by atoms with Gasteiger partial charge in [-0.2, -0.15) is 0 Å². The van der Waals surface area contributed by atoms with E-state index in [0.29, 0.717) is 11.7 Å². The van der Waals surface area contributed by atoms with E-state index in [9.17, 15) is 4.79 Å². The zero-order valence-corrected chi connectivity index (χ0v) is 11.4. The molecule has 0 aromatic carbocycles. The number of rotatable bonds is 7. The van der Waals surface area contributed by atoms with Crippen molar-refractivity contribution in [1.82, 2.24) is 15.2 Å². The van der Waals surface area contributed by atoms with E-state index < -0.39 is 0 Å². The molecule has 0 saturated heterocycles. The van der Waals surface area contributed by atoms with Crippen molar-refractivity contribution >= 4 is 22.4 Å². The van der Waals surface area contributed by atoms with Crippen LogP contribution in [0.1, 0.15) is 12.1 Å². The van der Waals surface area contributed by atoms with Gasteiger partial charge in [0.2, 0.25) is 5.91 Å². The smallest absolute Gasteiger partial charge is 0.240 e. The van der Waals surface area contributed by atoms with Gasteiger partial charge in [0, 0.05) is 5.38 Å². The quantitative estimate of drug-likeness (QED) is 0.713.